The minimum atomic E-state index is -1.01. The van der Waals surface area contributed by atoms with E-state index in [9.17, 15) is 9.59 Å². The molecule has 18 heavy (non-hydrogen) atoms. The van der Waals surface area contributed by atoms with Crippen molar-refractivity contribution in [2.24, 2.45) is 0 Å². The van der Waals surface area contributed by atoms with E-state index in [0.717, 1.165) is 31.2 Å². The minimum absolute atomic E-state index is 0.159. The largest absolute Gasteiger partial charge is 0.480 e. The van der Waals surface area contributed by atoms with Crippen LogP contribution in [-0.2, 0) is 15.0 Å². The van der Waals surface area contributed by atoms with Gasteiger partial charge in [0.15, 0.2) is 0 Å². The molecule has 2 N–H and O–H groups in total. The Bertz CT molecular complexity index is 436. The first-order chi connectivity index (χ1) is 8.65. The SMILES string of the molecule is O=C(O)CNC(=O)C1(c2ccccc2)CCCC1. The standard InChI is InChI=1S/C14H17NO3/c16-12(17)10-15-13(18)14(8-4-5-9-14)11-6-2-1-3-7-11/h1-3,6-7H,4-5,8-10H2,(H,15,18)(H,16,17). The van der Waals surface area contributed by atoms with Crippen molar-refractivity contribution in [3.63, 3.8) is 0 Å². The monoisotopic (exact) mass is 247 g/mol. The van der Waals surface area contributed by atoms with E-state index in [1.54, 1.807) is 0 Å². The third-order valence-corrected chi connectivity index (χ3v) is 3.62. The maximum Gasteiger partial charge on any atom is 0.322 e. The summed E-state index contributed by atoms with van der Waals surface area (Å²) in [6, 6.07) is 9.65. The number of aliphatic carboxylic acids is 1. The second-order valence-electron chi connectivity index (χ2n) is 4.73. The van der Waals surface area contributed by atoms with Gasteiger partial charge in [-0.2, -0.15) is 0 Å². The van der Waals surface area contributed by atoms with Crippen LogP contribution in [0.4, 0.5) is 0 Å². The number of rotatable bonds is 4. The molecule has 0 unspecified atom stereocenters. The lowest BCUT2D eigenvalue weighted by Crippen LogP contribution is -2.44. The highest BCUT2D eigenvalue weighted by Gasteiger charge is 2.42. The summed E-state index contributed by atoms with van der Waals surface area (Å²) in [5.41, 5.74) is 0.460. The average Bonchev–Trinajstić information content (AvgIpc) is 2.87. The average molecular weight is 247 g/mol. The molecule has 0 bridgehead atoms. The van der Waals surface area contributed by atoms with Gasteiger partial charge in [-0.3, -0.25) is 9.59 Å². The van der Waals surface area contributed by atoms with Crippen LogP contribution in [0.25, 0.3) is 0 Å². The van der Waals surface area contributed by atoms with Crippen LogP contribution in [0.15, 0.2) is 30.3 Å². The smallest absolute Gasteiger partial charge is 0.322 e. The van der Waals surface area contributed by atoms with Crippen molar-refractivity contribution in [3.8, 4) is 0 Å². The predicted octanol–water partition coefficient (Wildman–Crippen LogP) is 1.70. The van der Waals surface area contributed by atoms with E-state index < -0.39 is 11.4 Å². The van der Waals surface area contributed by atoms with Crippen LogP contribution in [0.3, 0.4) is 0 Å². The van der Waals surface area contributed by atoms with Crippen molar-refractivity contribution in [2.75, 3.05) is 6.54 Å². The van der Waals surface area contributed by atoms with E-state index in [-0.39, 0.29) is 12.5 Å². The maximum atomic E-state index is 12.3. The second-order valence-corrected chi connectivity index (χ2v) is 4.73. The molecule has 0 radical (unpaired) electrons. The second kappa shape index (κ2) is 5.21. The molecular formula is C14H17NO3. The van der Waals surface area contributed by atoms with Gasteiger partial charge < -0.3 is 10.4 Å². The minimum Gasteiger partial charge on any atom is -0.480 e. The Morgan fingerprint density at radius 3 is 2.33 bits per heavy atom. The highest BCUT2D eigenvalue weighted by atomic mass is 16.4. The lowest BCUT2D eigenvalue weighted by molar-refractivity contribution is -0.138. The lowest BCUT2D eigenvalue weighted by atomic mass is 9.78. The van der Waals surface area contributed by atoms with Gasteiger partial charge in [-0.15, -0.1) is 0 Å². The van der Waals surface area contributed by atoms with Gasteiger partial charge in [0.05, 0.1) is 5.41 Å². The molecule has 1 amide bonds. The van der Waals surface area contributed by atoms with E-state index >= 15 is 0 Å². The van der Waals surface area contributed by atoms with Gasteiger partial charge in [-0.1, -0.05) is 43.2 Å². The zero-order valence-electron chi connectivity index (χ0n) is 10.2. The van der Waals surface area contributed by atoms with Crippen molar-refractivity contribution in [1.82, 2.24) is 5.32 Å². The van der Waals surface area contributed by atoms with Crippen LogP contribution >= 0.6 is 0 Å². The Morgan fingerprint density at radius 1 is 1.17 bits per heavy atom. The number of amides is 1. The molecule has 0 spiro atoms. The topological polar surface area (TPSA) is 66.4 Å². The van der Waals surface area contributed by atoms with Gasteiger partial charge in [0.1, 0.15) is 6.54 Å². The molecule has 4 heteroatoms. The fraction of sp³-hybridized carbons (Fsp3) is 0.429. The zero-order valence-corrected chi connectivity index (χ0v) is 10.2. The third-order valence-electron chi connectivity index (χ3n) is 3.62. The van der Waals surface area contributed by atoms with Crippen molar-refractivity contribution in [1.29, 1.82) is 0 Å². The van der Waals surface area contributed by atoms with Crippen LogP contribution in [0, 0.1) is 0 Å². The Morgan fingerprint density at radius 2 is 1.78 bits per heavy atom. The summed E-state index contributed by atoms with van der Waals surface area (Å²) in [5, 5.41) is 11.2. The highest BCUT2D eigenvalue weighted by molar-refractivity contribution is 5.90. The van der Waals surface area contributed by atoms with Crippen molar-refractivity contribution < 1.29 is 14.7 Å². The summed E-state index contributed by atoms with van der Waals surface area (Å²) in [4.78, 5) is 22.8. The number of carbonyl (C=O) groups is 2. The van der Waals surface area contributed by atoms with E-state index in [4.69, 9.17) is 5.11 Å². The molecule has 0 aromatic heterocycles. The van der Waals surface area contributed by atoms with E-state index in [2.05, 4.69) is 5.32 Å². The molecule has 1 fully saturated rings. The normalized spacial score (nSPS) is 17.3. The first-order valence-corrected chi connectivity index (χ1v) is 6.21. The van der Waals surface area contributed by atoms with Crippen molar-refractivity contribution in [2.45, 2.75) is 31.1 Å². The molecule has 1 aliphatic carbocycles. The van der Waals surface area contributed by atoms with E-state index in [1.165, 1.54) is 0 Å². The molecule has 0 aliphatic heterocycles. The molecule has 0 heterocycles. The Hall–Kier alpha value is -1.84. The summed E-state index contributed by atoms with van der Waals surface area (Å²) in [7, 11) is 0. The molecule has 1 aliphatic rings. The number of carboxylic acids is 1. The van der Waals surface area contributed by atoms with Gasteiger partial charge in [-0.25, -0.2) is 0 Å². The Kier molecular flexibility index (Phi) is 3.65. The molecule has 0 saturated heterocycles. The number of carbonyl (C=O) groups excluding carboxylic acids is 1. The predicted molar refractivity (Wildman–Crippen MR) is 67.2 cm³/mol. The first kappa shape index (κ1) is 12.6. The molecule has 2 rings (SSSR count). The lowest BCUT2D eigenvalue weighted by Gasteiger charge is -2.28. The zero-order chi connectivity index (χ0) is 13.0. The van der Waals surface area contributed by atoms with Gasteiger partial charge in [0.2, 0.25) is 5.91 Å². The van der Waals surface area contributed by atoms with Gasteiger partial charge in [0.25, 0.3) is 0 Å². The fourth-order valence-corrected chi connectivity index (χ4v) is 2.71. The van der Waals surface area contributed by atoms with Gasteiger partial charge in [0, 0.05) is 0 Å². The van der Waals surface area contributed by atoms with Crippen LogP contribution in [0.5, 0.6) is 0 Å². The molecule has 1 aromatic rings. The molecule has 0 atom stereocenters. The number of hydrogen-bond donors (Lipinski definition) is 2. The molecular weight excluding hydrogens is 230 g/mol. The summed E-state index contributed by atoms with van der Waals surface area (Å²) in [6.45, 7) is -0.312. The summed E-state index contributed by atoms with van der Waals surface area (Å²) < 4.78 is 0. The van der Waals surface area contributed by atoms with Crippen LogP contribution in [-0.4, -0.2) is 23.5 Å². The third kappa shape index (κ3) is 2.37. The van der Waals surface area contributed by atoms with Crippen LogP contribution in [0.2, 0.25) is 0 Å². The molecule has 1 saturated carbocycles. The molecule has 4 nitrogen and oxygen atoms in total. The number of benzene rings is 1. The van der Waals surface area contributed by atoms with Crippen molar-refractivity contribution >= 4 is 11.9 Å². The number of hydrogen-bond acceptors (Lipinski definition) is 2. The quantitative estimate of drug-likeness (QED) is 0.851. The molecule has 1 aromatic carbocycles. The summed E-state index contributed by atoms with van der Waals surface area (Å²) in [6.07, 6.45) is 3.61. The number of carboxylic acid groups (broad SMARTS) is 1. The van der Waals surface area contributed by atoms with E-state index in [1.807, 2.05) is 30.3 Å². The number of nitrogens with one attached hydrogen (secondary N) is 1. The van der Waals surface area contributed by atoms with Gasteiger partial charge in [-0.05, 0) is 18.4 Å². The first-order valence-electron chi connectivity index (χ1n) is 6.21. The Labute approximate surface area is 106 Å². The van der Waals surface area contributed by atoms with Gasteiger partial charge >= 0.3 is 5.97 Å². The van der Waals surface area contributed by atoms with Crippen molar-refractivity contribution in [3.05, 3.63) is 35.9 Å². The highest BCUT2D eigenvalue weighted by Crippen LogP contribution is 2.41. The Balaban J connectivity index is 2.22. The summed E-state index contributed by atoms with van der Waals surface area (Å²) >= 11 is 0. The van der Waals surface area contributed by atoms with Crippen LogP contribution < -0.4 is 5.32 Å². The fourth-order valence-electron chi connectivity index (χ4n) is 2.71. The maximum absolute atomic E-state index is 12.3. The van der Waals surface area contributed by atoms with E-state index in [0.29, 0.717) is 0 Å². The van der Waals surface area contributed by atoms with Crippen LogP contribution in [0.1, 0.15) is 31.2 Å². The molecule has 96 valence electrons. The summed E-state index contributed by atoms with van der Waals surface area (Å²) in [5.74, 6) is -1.17.